The molecule has 0 heterocycles. The summed E-state index contributed by atoms with van der Waals surface area (Å²) in [7, 11) is 0. The van der Waals surface area contributed by atoms with E-state index in [1.807, 2.05) is 0 Å². The molecule has 2 saturated carbocycles. The second kappa shape index (κ2) is 26.7. The Bertz CT molecular complexity index is 2650. The van der Waals surface area contributed by atoms with Gasteiger partial charge in [0.2, 0.25) is 0 Å². The Hall–Kier alpha value is -6.18. The molecule has 0 saturated heterocycles. The Morgan fingerprint density at radius 3 is 1.07 bits per heavy atom. The van der Waals surface area contributed by atoms with Crippen LogP contribution in [0.3, 0.4) is 0 Å². The number of rotatable bonds is 19. The van der Waals surface area contributed by atoms with E-state index in [-0.39, 0.29) is 30.1 Å². The summed E-state index contributed by atoms with van der Waals surface area (Å²) in [5, 5.41) is 0. The lowest BCUT2D eigenvalue weighted by Gasteiger charge is -2.29. The summed E-state index contributed by atoms with van der Waals surface area (Å²) in [5.74, 6) is 1.41. The van der Waals surface area contributed by atoms with Gasteiger partial charge >= 0.3 is 24.9 Å². The molecule has 4 nitrogen and oxygen atoms in total. The SMILES string of the molecule is C.CCCCC1CCC(c2ccc(C(F)(F)Oc3ccccc3-c3ccc(OC(F)(F)F)cc3)cc2)CC1.CCCCCC1CCC(c2ccc(C(F)(F)Oc3ccccc3-c3ccc(OC(F)(F)F)cc3)cc2)CC1. The molecular weight excluding hydrogens is 999 g/mol. The second-order valence-corrected chi connectivity index (χ2v) is 19.7. The topological polar surface area (TPSA) is 36.9 Å². The molecule has 2 fully saturated rings. The molecule has 8 rings (SSSR count). The van der Waals surface area contributed by atoms with Gasteiger partial charge in [0.25, 0.3) is 0 Å². The summed E-state index contributed by atoms with van der Waals surface area (Å²) < 4.78 is 154. The number of hydrogen-bond acceptors (Lipinski definition) is 4. The molecule has 410 valence electrons. The van der Waals surface area contributed by atoms with Gasteiger partial charge < -0.3 is 18.9 Å². The Morgan fingerprint density at radius 2 is 0.724 bits per heavy atom. The zero-order chi connectivity index (χ0) is 53.6. The van der Waals surface area contributed by atoms with Crippen LogP contribution in [0.4, 0.5) is 43.9 Å². The van der Waals surface area contributed by atoms with Crippen LogP contribution < -0.4 is 18.9 Å². The Morgan fingerprint density at radius 1 is 0.382 bits per heavy atom. The Kier molecular flexibility index (Phi) is 20.8. The van der Waals surface area contributed by atoms with Gasteiger partial charge in [0.05, 0.1) is 11.1 Å². The number of ether oxygens (including phenoxy) is 4. The zero-order valence-electron chi connectivity index (χ0n) is 42.2. The van der Waals surface area contributed by atoms with E-state index in [1.165, 1.54) is 131 Å². The summed E-state index contributed by atoms with van der Waals surface area (Å²) in [5.41, 5.74) is 3.16. The van der Waals surface area contributed by atoms with Crippen molar-refractivity contribution in [3.8, 4) is 45.3 Å². The van der Waals surface area contributed by atoms with E-state index in [2.05, 4.69) is 23.3 Å². The Labute approximate surface area is 440 Å². The number of hydrogen-bond donors (Lipinski definition) is 0. The molecule has 2 aliphatic rings. The molecule has 0 aliphatic heterocycles. The summed E-state index contributed by atoms with van der Waals surface area (Å²) in [6, 6.07) is 35.2. The minimum Gasteiger partial charge on any atom is -0.428 e. The molecule has 0 amide bonds. The lowest BCUT2D eigenvalue weighted by molar-refractivity contribution is -0.275. The predicted molar refractivity (Wildman–Crippen MR) is 279 cm³/mol. The number of para-hydroxylation sites is 2. The van der Waals surface area contributed by atoms with Crippen LogP contribution in [0.5, 0.6) is 23.0 Å². The highest BCUT2D eigenvalue weighted by Crippen LogP contribution is 2.43. The van der Waals surface area contributed by atoms with Gasteiger partial charge in [0.15, 0.2) is 0 Å². The van der Waals surface area contributed by atoms with Gasteiger partial charge in [-0.05, 0) is 158 Å². The summed E-state index contributed by atoms with van der Waals surface area (Å²) in [6.07, 6.45) is 1.13. The van der Waals surface area contributed by atoms with Crippen molar-refractivity contribution in [2.45, 2.75) is 154 Å². The highest BCUT2D eigenvalue weighted by atomic mass is 19.4. The molecule has 0 atom stereocenters. The molecule has 0 N–H and O–H groups in total. The molecule has 0 spiro atoms. The van der Waals surface area contributed by atoms with Gasteiger partial charge in [-0.2, -0.15) is 17.6 Å². The maximum atomic E-state index is 15.2. The van der Waals surface area contributed by atoms with E-state index in [4.69, 9.17) is 9.47 Å². The van der Waals surface area contributed by atoms with Crippen molar-refractivity contribution in [1.82, 2.24) is 0 Å². The van der Waals surface area contributed by atoms with E-state index in [9.17, 15) is 26.3 Å². The van der Waals surface area contributed by atoms with E-state index in [0.29, 0.717) is 34.1 Å². The zero-order valence-corrected chi connectivity index (χ0v) is 42.2. The van der Waals surface area contributed by atoms with Crippen molar-refractivity contribution in [3.05, 3.63) is 168 Å². The predicted octanol–water partition coefficient (Wildman–Crippen LogP) is 20.7. The first-order valence-electron chi connectivity index (χ1n) is 26.0. The lowest BCUT2D eigenvalue weighted by Crippen LogP contribution is -2.22. The number of unbranched alkanes of at least 4 members (excludes halogenated alkanes) is 3. The number of benzene rings is 6. The molecule has 0 unspecified atom stereocenters. The second-order valence-electron chi connectivity index (χ2n) is 19.7. The molecule has 6 aromatic carbocycles. The van der Waals surface area contributed by atoms with Gasteiger partial charge in [-0.15, -0.1) is 26.3 Å². The van der Waals surface area contributed by atoms with Crippen LogP contribution in [0.2, 0.25) is 0 Å². The molecule has 0 bridgehead atoms. The van der Waals surface area contributed by atoms with Crippen LogP contribution >= 0.6 is 0 Å². The van der Waals surface area contributed by atoms with Gasteiger partial charge in [0, 0.05) is 11.1 Å². The summed E-state index contributed by atoms with van der Waals surface area (Å²) in [4.78, 5) is 0. The van der Waals surface area contributed by atoms with Gasteiger partial charge in [-0.3, -0.25) is 0 Å². The largest absolute Gasteiger partial charge is 0.573 e. The van der Waals surface area contributed by atoms with Crippen molar-refractivity contribution in [1.29, 1.82) is 0 Å². The maximum Gasteiger partial charge on any atom is 0.573 e. The van der Waals surface area contributed by atoms with Gasteiger partial charge in [-0.1, -0.05) is 151 Å². The molecule has 0 aromatic heterocycles. The molecule has 14 heteroatoms. The molecule has 2 aliphatic carbocycles. The fraction of sp³-hybridized carbons (Fsp3) is 0.419. The first kappa shape index (κ1) is 59.1. The van der Waals surface area contributed by atoms with Gasteiger partial charge in [-0.25, -0.2) is 0 Å². The number of halogens is 10. The van der Waals surface area contributed by atoms with Crippen molar-refractivity contribution in [2.24, 2.45) is 11.8 Å². The molecule has 6 aromatic rings. The number of alkyl halides is 10. The van der Waals surface area contributed by atoms with E-state index in [0.717, 1.165) is 72.9 Å². The first-order valence-corrected chi connectivity index (χ1v) is 26.0. The van der Waals surface area contributed by atoms with Crippen LogP contribution in [0.25, 0.3) is 22.3 Å². The van der Waals surface area contributed by atoms with E-state index in [1.54, 1.807) is 60.7 Å². The summed E-state index contributed by atoms with van der Waals surface area (Å²) in [6.45, 7) is 4.42. The van der Waals surface area contributed by atoms with E-state index >= 15 is 17.6 Å². The van der Waals surface area contributed by atoms with Crippen molar-refractivity contribution < 1.29 is 62.9 Å². The third kappa shape index (κ3) is 17.2. The molecule has 0 radical (unpaired) electrons. The quantitative estimate of drug-likeness (QED) is 0.0598. The van der Waals surface area contributed by atoms with Crippen LogP contribution in [-0.2, 0) is 12.2 Å². The average molecular weight is 1070 g/mol. The van der Waals surface area contributed by atoms with E-state index < -0.39 is 36.4 Å². The molecular formula is C62H68F10O4. The van der Waals surface area contributed by atoms with Crippen LogP contribution in [-0.4, -0.2) is 12.7 Å². The fourth-order valence-corrected chi connectivity index (χ4v) is 10.3. The fourth-order valence-electron chi connectivity index (χ4n) is 10.3. The average Bonchev–Trinajstić information content (AvgIpc) is 3.39. The maximum absolute atomic E-state index is 15.2. The third-order valence-electron chi connectivity index (χ3n) is 14.4. The lowest BCUT2D eigenvalue weighted by atomic mass is 9.77. The third-order valence-corrected chi connectivity index (χ3v) is 14.4. The normalized spacial score (nSPS) is 18.1. The highest BCUT2D eigenvalue weighted by Gasteiger charge is 2.38. The van der Waals surface area contributed by atoms with Crippen LogP contribution in [0.15, 0.2) is 146 Å². The van der Waals surface area contributed by atoms with Crippen molar-refractivity contribution in [2.75, 3.05) is 0 Å². The monoisotopic (exact) mass is 1070 g/mol. The smallest absolute Gasteiger partial charge is 0.428 e. The van der Waals surface area contributed by atoms with Crippen molar-refractivity contribution in [3.63, 3.8) is 0 Å². The van der Waals surface area contributed by atoms with Crippen LogP contribution in [0.1, 0.15) is 152 Å². The van der Waals surface area contributed by atoms with Crippen molar-refractivity contribution >= 4 is 0 Å². The standard InChI is InChI=1S/C31H33F5O2.C30H31F5O2.CH4/c1-2-3-4-7-22-10-12-23(13-11-22)24-14-18-26(19-15-24)30(32,33)38-29-9-6-5-8-28(29)25-16-20-27(21-17-25)37-31(34,35)36;1-2-3-6-21-9-11-22(12-10-21)23-13-17-25(18-14-23)29(31,32)37-28-8-5-4-7-27(28)24-15-19-26(20-16-24)36-30(33,34)35;/h5-6,8-9,14-23H,2-4,7,10-13H2,1H3;4-5,7-8,13-22H,2-3,6,9-12H2,1H3;1H4. The molecule has 76 heavy (non-hydrogen) atoms. The summed E-state index contributed by atoms with van der Waals surface area (Å²) >= 11 is 0. The minimum absolute atomic E-state index is 0. The highest BCUT2D eigenvalue weighted by molar-refractivity contribution is 5.72. The first-order chi connectivity index (χ1) is 35.8. The Balaban J connectivity index is 0.000000244. The van der Waals surface area contributed by atoms with Crippen LogP contribution in [0, 0.1) is 11.8 Å². The minimum atomic E-state index is -4.81. The van der Waals surface area contributed by atoms with Gasteiger partial charge in [0.1, 0.15) is 23.0 Å².